The van der Waals surface area contributed by atoms with Gasteiger partial charge in [-0.3, -0.25) is 14.2 Å². The molecule has 1 saturated heterocycles. The van der Waals surface area contributed by atoms with Crippen molar-refractivity contribution in [2.45, 2.75) is 38.0 Å². The smallest absolute Gasteiger partial charge is 0.333 e. The van der Waals surface area contributed by atoms with Gasteiger partial charge in [0.25, 0.3) is 5.56 Å². The van der Waals surface area contributed by atoms with Crippen LogP contribution in [0.5, 0.6) is 0 Å². The minimum atomic E-state index is -1.51. The molecule has 1 aliphatic heterocycles. The molecule has 0 saturated carbocycles. The van der Waals surface area contributed by atoms with Gasteiger partial charge >= 0.3 is 11.7 Å². The third kappa shape index (κ3) is 2.68. The molecule has 10 heteroatoms. The molecule has 0 radical (unpaired) electrons. The van der Waals surface area contributed by atoms with Crippen LogP contribution in [-0.4, -0.2) is 60.4 Å². The summed E-state index contributed by atoms with van der Waals surface area (Å²) in [5.41, 5.74) is -1.69. The summed E-state index contributed by atoms with van der Waals surface area (Å²) in [6.07, 6.45) is -4.23. The average molecular weight is 316 g/mol. The number of aliphatic carboxylic acids is 1. The molecular weight excluding hydrogens is 300 g/mol. The van der Waals surface area contributed by atoms with Gasteiger partial charge < -0.3 is 25.2 Å². The Kier molecular flexibility index (Phi) is 4.47. The van der Waals surface area contributed by atoms with Crippen molar-refractivity contribution >= 4 is 5.97 Å². The standard InChI is InChI=1S/C12H16N2O8/c1-5-2-14(11-9(19)8(18)6(4-15)22-11)12(21)13(10(5)20)3-7(16)17/h2,6,8-9,11,15,18-19H,3-4H2,1H3,(H,16,17)/t6-,8-,9-,11-/m1/s1. The summed E-state index contributed by atoms with van der Waals surface area (Å²) in [7, 11) is 0. The van der Waals surface area contributed by atoms with Crippen molar-refractivity contribution in [2.75, 3.05) is 6.61 Å². The van der Waals surface area contributed by atoms with Crippen LogP contribution >= 0.6 is 0 Å². The number of aliphatic hydroxyl groups excluding tert-OH is 3. The van der Waals surface area contributed by atoms with Gasteiger partial charge in [-0.15, -0.1) is 0 Å². The van der Waals surface area contributed by atoms with E-state index in [0.717, 1.165) is 10.8 Å². The van der Waals surface area contributed by atoms with Gasteiger partial charge in [-0.2, -0.15) is 0 Å². The molecular formula is C12H16N2O8. The number of rotatable bonds is 4. The molecule has 122 valence electrons. The Morgan fingerprint density at radius 1 is 1.32 bits per heavy atom. The summed E-state index contributed by atoms with van der Waals surface area (Å²) in [6, 6.07) is 0. The maximum absolute atomic E-state index is 12.2. The monoisotopic (exact) mass is 316 g/mol. The highest BCUT2D eigenvalue weighted by molar-refractivity contribution is 5.66. The summed E-state index contributed by atoms with van der Waals surface area (Å²) in [6.45, 7) is -0.0384. The van der Waals surface area contributed by atoms with Crippen LogP contribution < -0.4 is 11.2 Å². The maximum atomic E-state index is 12.2. The molecule has 0 aromatic carbocycles. The van der Waals surface area contributed by atoms with Crippen molar-refractivity contribution in [3.8, 4) is 0 Å². The second kappa shape index (κ2) is 6.01. The third-order valence-electron chi connectivity index (χ3n) is 3.45. The van der Waals surface area contributed by atoms with E-state index < -0.39 is 54.9 Å². The van der Waals surface area contributed by atoms with Gasteiger partial charge in [-0.25, -0.2) is 9.36 Å². The Balaban J connectivity index is 2.53. The molecule has 0 unspecified atom stereocenters. The minimum absolute atomic E-state index is 0.0681. The zero-order chi connectivity index (χ0) is 16.6. The summed E-state index contributed by atoms with van der Waals surface area (Å²) < 4.78 is 6.54. The Morgan fingerprint density at radius 2 is 1.95 bits per heavy atom. The van der Waals surface area contributed by atoms with Gasteiger partial charge in [0, 0.05) is 11.8 Å². The molecule has 2 rings (SSSR count). The SMILES string of the molecule is Cc1cn([C@@H]2O[C@H](CO)[C@@H](O)[C@H]2O)c(=O)n(CC(=O)O)c1=O. The van der Waals surface area contributed by atoms with Crippen LogP contribution in [0.3, 0.4) is 0 Å². The first-order valence-corrected chi connectivity index (χ1v) is 6.44. The number of carboxylic acid groups (broad SMARTS) is 1. The minimum Gasteiger partial charge on any atom is -0.480 e. The number of aliphatic hydroxyl groups is 3. The van der Waals surface area contributed by atoms with Gasteiger partial charge in [0.05, 0.1) is 6.61 Å². The van der Waals surface area contributed by atoms with Crippen LogP contribution in [0.15, 0.2) is 15.8 Å². The van der Waals surface area contributed by atoms with Crippen LogP contribution in [-0.2, 0) is 16.1 Å². The van der Waals surface area contributed by atoms with Crippen LogP contribution in [0.2, 0.25) is 0 Å². The van der Waals surface area contributed by atoms with Crippen molar-refractivity contribution in [3.63, 3.8) is 0 Å². The average Bonchev–Trinajstić information content (AvgIpc) is 2.75. The zero-order valence-corrected chi connectivity index (χ0v) is 11.6. The van der Waals surface area contributed by atoms with Crippen LogP contribution in [0.4, 0.5) is 0 Å². The number of hydrogen-bond donors (Lipinski definition) is 4. The van der Waals surface area contributed by atoms with Gasteiger partial charge in [0.1, 0.15) is 24.9 Å². The first kappa shape index (κ1) is 16.4. The zero-order valence-electron chi connectivity index (χ0n) is 11.6. The molecule has 4 atom stereocenters. The van der Waals surface area contributed by atoms with E-state index in [4.69, 9.17) is 14.9 Å². The quantitative estimate of drug-likeness (QED) is 0.459. The predicted molar refractivity (Wildman–Crippen MR) is 70.3 cm³/mol. The summed E-state index contributed by atoms with van der Waals surface area (Å²) in [5, 5.41) is 37.4. The molecule has 0 aliphatic carbocycles. The Labute approximate surface area is 123 Å². The predicted octanol–water partition coefficient (Wildman–Crippen LogP) is -2.99. The summed E-state index contributed by atoms with van der Waals surface area (Å²) >= 11 is 0. The van der Waals surface area contributed by atoms with Gasteiger partial charge in [0.15, 0.2) is 6.23 Å². The Morgan fingerprint density at radius 3 is 2.45 bits per heavy atom. The lowest BCUT2D eigenvalue weighted by molar-refractivity contribution is -0.137. The van der Waals surface area contributed by atoms with E-state index in [1.54, 1.807) is 0 Å². The molecule has 0 bridgehead atoms. The topological polar surface area (TPSA) is 151 Å². The van der Waals surface area contributed by atoms with E-state index in [2.05, 4.69) is 0 Å². The molecule has 4 N–H and O–H groups in total. The molecule has 22 heavy (non-hydrogen) atoms. The van der Waals surface area contributed by atoms with Gasteiger partial charge in [0.2, 0.25) is 0 Å². The van der Waals surface area contributed by atoms with Crippen molar-refractivity contribution in [2.24, 2.45) is 0 Å². The van der Waals surface area contributed by atoms with Crippen molar-refractivity contribution in [3.05, 3.63) is 32.6 Å². The first-order valence-electron chi connectivity index (χ1n) is 6.44. The number of aromatic nitrogens is 2. The molecule has 2 heterocycles. The fourth-order valence-electron chi connectivity index (χ4n) is 2.33. The van der Waals surface area contributed by atoms with E-state index in [1.807, 2.05) is 0 Å². The molecule has 10 nitrogen and oxygen atoms in total. The van der Waals surface area contributed by atoms with E-state index in [0.29, 0.717) is 4.57 Å². The van der Waals surface area contributed by atoms with E-state index in [1.165, 1.54) is 6.92 Å². The van der Waals surface area contributed by atoms with E-state index in [9.17, 15) is 24.6 Å². The lowest BCUT2D eigenvalue weighted by Gasteiger charge is -2.19. The van der Waals surface area contributed by atoms with Crippen LogP contribution in [0.1, 0.15) is 11.8 Å². The number of carbonyl (C=O) groups is 1. The van der Waals surface area contributed by atoms with Gasteiger partial charge in [-0.1, -0.05) is 0 Å². The number of ether oxygens (including phenoxy) is 1. The highest BCUT2D eigenvalue weighted by Gasteiger charge is 2.44. The van der Waals surface area contributed by atoms with Crippen LogP contribution in [0.25, 0.3) is 0 Å². The highest BCUT2D eigenvalue weighted by Crippen LogP contribution is 2.27. The summed E-state index contributed by atoms with van der Waals surface area (Å²) in [4.78, 5) is 34.9. The molecule has 1 aliphatic rings. The third-order valence-corrected chi connectivity index (χ3v) is 3.45. The number of aryl methyl sites for hydroxylation is 1. The number of hydrogen-bond acceptors (Lipinski definition) is 7. The highest BCUT2D eigenvalue weighted by atomic mass is 16.6. The van der Waals surface area contributed by atoms with Gasteiger partial charge in [-0.05, 0) is 6.92 Å². The lowest BCUT2D eigenvalue weighted by Crippen LogP contribution is -2.45. The number of nitrogens with zero attached hydrogens (tertiary/aromatic N) is 2. The molecule has 1 aromatic heterocycles. The van der Waals surface area contributed by atoms with Crippen molar-refractivity contribution < 1.29 is 30.0 Å². The number of carboxylic acids is 1. The first-order chi connectivity index (χ1) is 10.3. The molecule has 0 amide bonds. The van der Waals surface area contributed by atoms with E-state index >= 15 is 0 Å². The molecule has 1 fully saturated rings. The lowest BCUT2D eigenvalue weighted by atomic mass is 10.1. The summed E-state index contributed by atoms with van der Waals surface area (Å²) in [5.74, 6) is -1.38. The largest absolute Gasteiger partial charge is 0.480 e. The fraction of sp³-hybridized carbons (Fsp3) is 0.583. The fourth-order valence-corrected chi connectivity index (χ4v) is 2.33. The molecule has 1 aromatic rings. The maximum Gasteiger partial charge on any atom is 0.333 e. The second-order valence-electron chi connectivity index (χ2n) is 5.02. The molecule has 0 spiro atoms. The second-order valence-corrected chi connectivity index (χ2v) is 5.02. The Hall–Kier alpha value is -2.01. The Bertz CT molecular complexity index is 693. The normalized spacial score (nSPS) is 28.0. The van der Waals surface area contributed by atoms with Crippen molar-refractivity contribution in [1.29, 1.82) is 0 Å². The van der Waals surface area contributed by atoms with Crippen LogP contribution in [0, 0.1) is 6.92 Å². The van der Waals surface area contributed by atoms with Crippen molar-refractivity contribution in [1.82, 2.24) is 9.13 Å². The van der Waals surface area contributed by atoms with E-state index in [-0.39, 0.29) is 5.56 Å².